The lowest BCUT2D eigenvalue weighted by Gasteiger charge is -2.19. The van der Waals surface area contributed by atoms with Gasteiger partial charge in [0.2, 0.25) is 0 Å². The predicted octanol–water partition coefficient (Wildman–Crippen LogP) is 5.16. The van der Waals surface area contributed by atoms with Crippen molar-refractivity contribution in [2.75, 3.05) is 18.4 Å². The van der Waals surface area contributed by atoms with Gasteiger partial charge in [-0.3, -0.25) is 9.97 Å². The van der Waals surface area contributed by atoms with Crippen LogP contribution in [0.2, 0.25) is 0 Å². The number of fused-ring (bicyclic) bond motifs is 2. The van der Waals surface area contributed by atoms with Gasteiger partial charge < -0.3 is 15.6 Å². The Labute approximate surface area is 193 Å². The first-order chi connectivity index (χ1) is 16.3. The van der Waals surface area contributed by atoms with E-state index in [1.807, 2.05) is 24.7 Å². The van der Waals surface area contributed by atoms with Crippen LogP contribution in [0.15, 0.2) is 61.2 Å². The maximum Gasteiger partial charge on any atom is 0.138 e. The van der Waals surface area contributed by atoms with Crippen LogP contribution in [-0.4, -0.2) is 33.0 Å². The highest BCUT2D eigenvalue weighted by Gasteiger charge is 2.18. The summed E-state index contributed by atoms with van der Waals surface area (Å²) in [6.07, 6.45) is 15.2. The number of hydrogen-bond acceptors (Lipinski definition) is 5. The molecule has 4 aromatic rings. The quantitative estimate of drug-likeness (QED) is 0.389. The molecule has 6 rings (SSSR count). The highest BCUT2D eigenvalue weighted by Crippen LogP contribution is 2.35. The van der Waals surface area contributed by atoms with E-state index >= 15 is 0 Å². The summed E-state index contributed by atoms with van der Waals surface area (Å²) in [5.74, 6) is 1.72. The van der Waals surface area contributed by atoms with E-state index in [2.05, 4.69) is 55.9 Å². The Kier molecular flexibility index (Phi) is 5.36. The number of aromatic amines is 1. The van der Waals surface area contributed by atoms with Crippen molar-refractivity contribution in [1.82, 2.24) is 25.3 Å². The molecule has 33 heavy (non-hydrogen) atoms. The maximum absolute atomic E-state index is 4.81. The molecule has 3 N–H and O–H groups in total. The van der Waals surface area contributed by atoms with Crippen LogP contribution in [0.4, 0.5) is 5.69 Å². The van der Waals surface area contributed by atoms with Gasteiger partial charge in [0.05, 0.1) is 17.2 Å². The van der Waals surface area contributed by atoms with E-state index in [4.69, 9.17) is 4.98 Å². The average molecular weight is 437 g/mol. The van der Waals surface area contributed by atoms with Crippen molar-refractivity contribution >= 4 is 22.3 Å². The minimum Gasteiger partial charge on any atom is -0.381 e. The van der Waals surface area contributed by atoms with Gasteiger partial charge >= 0.3 is 0 Å². The largest absolute Gasteiger partial charge is 0.381 e. The summed E-state index contributed by atoms with van der Waals surface area (Å²) < 4.78 is 0. The van der Waals surface area contributed by atoms with Crippen LogP contribution >= 0.6 is 0 Å². The summed E-state index contributed by atoms with van der Waals surface area (Å²) in [7, 11) is 0. The monoisotopic (exact) mass is 436 g/mol. The molecular weight excluding hydrogens is 408 g/mol. The van der Waals surface area contributed by atoms with Gasteiger partial charge in [-0.2, -0.15) is 0 Å². The third kappa shape index (κ3) is 4.14. The number of nitrogens with one attached hydrogen (secondary N) is 3. The zero-order valence-corrected chi connectivity index (χ0v) is 18.6. The molecule has 4 heterocycles. The highest BCUT2D eigenvalue weighted by molar-refractivity contribution is 5.90. The number of pyridine rings is 2. The van der Waals surface area contributed by atoms with Crippen molar-refractivity contribution in [3.63, 3.8) is 0 Å². The SMILES string of the molecule is C1=C(c2nc3ccncc3[nH]2)c2cc(-c3cncc(CNCC4CCCC4)c3)ccc2NC1. The minimum absolute atomic E-state index is 0.778. The normalized spacial score (nSPS) is 15.9. The van der Waals surface area contributed by atoms with Crippen molar-refractivity contribution in [2.45, 2.75) is 32.2 Å². The van der Waals surface area contributed by atoms with Gasteiger partial charge in [-0.25, -0.2) is 4.98 Å². The fraction of sp³-hybridized carbons (Fsp3) is 0.296. The molecule has 0 amide bonds. The fourth-order valence-corrected chi connectivity index (χ4v) is 5.06. The number of nitrogens with zero attached hydrogens (tertiary/aromatic N) is 3. The number of rotatable bonds is 6. The summed E-state index contributed by atoms with van der Waals surface area (Å²) >= 11 is 0. The Hall–Kier alpha value is -3.51. The molecule has 0 unspecified atom stereocenters. The Morgan fingerprint density at radius 1 is 0.970 bits per heavy atom. The molecule has 0 saturated heterocycles. The Morgan fingerprint density at radius 3 is 2.82 bits per heavy atom. The third-order valence-corrected chi connectivity index (χ3v) is 6.81. The summed E-state index contributed by atoms with van der Waals surface area (Å²) in [5, 5.41) is 7.12. The van der Waals surface area contributed by atoms with Crippen LogP contribution in [0.5, 0.6) is 0 Å². The molecule has 166 valence electrons. The summed E-state index contributed by atoms with van der Waals surface area (Å²) in [6.45, 7) is 2.75. The number of H-pyrrole nitrogens is 1. The highest BCUT2D eigenvalue weighted by atomic mass is 14.9. The van der Waals surface area contributed by atoms with Crippen molar-refractivity contribution in [3.8, 4) is 11.1 Å². The fourth-order valence-electron chi connectivity index (χ4n) is 5.06. The van der Waals surface area contributed by atoms with Gasteiger partial charge in [-0.15, -0.1) is 0 Å². The van der Waals surface area contributed by atoms with E-state index in [9.17, 15) is 0 Å². The van der Waals surface area contributed by atoms with E-state index < -0.39 is 0 Å². The second kappa shape index (κ2) is 8.79. The van der Waals surface area contributed by atoms with Gasteiger partial charge in [0.15, 0.2) is 0 Å². The van der Waals surface area contributed by atoms with Gasteiger partial charge in [0.25, 0.3) is 0 Å². The van der Waals surface area contributed by atoms with E-state index in [1.165, 1.54) is 31.2 Å². The molecule has 0 atom stereocenters. The summed E-state index contributed by atoms with van der Waals surface area (Å²) in [6, 6.07) is 10.8. The minimum atomic E-state index is 0.778. The summed E-state index contributed by atoms with van der Waals surface area (Å²) in [5.41, 5.74) is 8.78. The van der Waals surface area contributed by atoms with Crippen LogP contribution in [0.25, 0.3) is 27.7 Å². The Balaban J connectivity index is 1.26. The van der Waals surface area contributed by atoms with Crippen molar-refractivity contribution < 1.29 is 0 Å². The van der Waals surface area contributed by atoms with Crippen molar-refractivity contribution in [3.05, 3.63) is 78.1 Å². The first kappa shape index (κ1) is 20.1. The van der Waals surface area contributed by atoms with Crippen LogP contribution in [0.1, 0.15) is 42.6 Å². The van der Waals surface area contributed by atoms with Gasteiger partial charge in [0, 0.05) is 54.1 Å². The van der Waals surface area contributed by atoms with E-state index in [1.54, 1.807) is 6.20 Å². The Morgan fingerprint density at radius 2 is 1.91 bits per heavy atom. The smallest absolute Gasteiger partial charge is 0.138 e. The molecule has 3 aromatic heterocycles. The lowest BCUT2D eigenvalue weighted by molar-refractivity contribution is 0.489. The van der Waals surface area contributed by atoms with Crippen LogP contribution in [0.3, 0.4) is 0 Å². The molecule has 1 aliphatic carbocycles. The van der Waals surface area contributed by atoms with Crippen molar-refractivity contribution in [1.29, 1.82) is 0 Å². The van der Waals surface area contributed by atoms with Crippen LogP contribution < -0.4 is 10.6 Å². The van der Waals surface area contributed by atoms with Crippen LogP contribution in [0, 0.1) is 5.92 Å². The third-order valence-electron chi connectivity index (χ3n) is 6.81. The van der Waals surface area contributed by atoms with Gasteiger partial charge in [0.1, 0.15) is 5.82 Å². The second-order valence-corrected chi connectivity index (χ2v) is 9.10. The molecule has 6 heteroatoms. The molecule has 2 aliphatic rings. The van der Waals surface area contributed by atoms with Gasteiger partial charge in [-0.05, 0) is 60.7 Å². The molecule has 0 radical (unpaired) electrons. The number of hydrogen-bond donors (Lipinski definition) is 3. The van der Waals surface area contributed by atoms with E-state index in [-0.39, 0.29) is 0 Å². The average Bonchev–Trinajstić information content (AvgIpc) is 3.53. The first-order valence-corrected chi connectivity index (χ1v) is 11.9. The topological polar surface area (TPSA) is 78.5 Å². The number of benzene rings is 1. The zero-order valence-electron chi connectivity index (χ0n) is 18.6. The van der Waals surface area contributed by atoms with E-state index in [0.717, 1.165) is 70.4 Å². The number of aromatic nitrogens is 4. The number of anilines is 1. The maximum atomic E-state index is 4.81. The van der Waals surface area contributed by atoms with Gasteiger partial charge in [-0.1, -0.05) is 25.0 Å². The zero-order chi connectivity index (χ0) is 22.0. The Bertz CT molecular complexity index is 1280. The van der Waals surface area contributed by atoms with Crippen molar-refractivity contribution in [2.24, 2.45) is 5.92 Å². The standard InChI is InChI=1S/C27H28N6/c1-2-4-18(3-1)13-29-14-19-11-21(16-30-15-19)20-5-6-24-23(12-20)22(7-10-31-24)27-32-25-8-9-28-17-26(25)33-27/h5-9,11-12,15-18,29,31H,1-4,10,13-14H2,(H,32,33). The van der Waals surface area contributed by atoms with E-state index in [0.29, 0.717) is 0 Å². The lowest BCUT2D eigenvalue weighted by Crippen LogP contribution is -2.20. The van der Waals surface area contributed by atoms with Crippen LogP contribution in [-0.2, 0) is 6.54 Å². The summed E-state index contributed by atoms with van der Waals surface area (Å²) in [4.78, 5) is 17.0. The molecule has 1 aromatic carbocycles. The molecule has 0 spiro atoms. The number of imidazole rings is 1. The predicted molar refractivity (Wildman–Crippen MR) is 133 cm³/mol. The second-order valence-electron chi connectivity index (χ2n) is 9.10. The molecule has 1 aliphatic heterocycles. The molecule has 0 bridgehead atoms. The molecular formula is C27H28N6. The lowest BCUT2D eigenvalue weighted by atomic mass is 9.95. The molecule has 6 nitrogen and oxygen atoms in total. The molecule has 1 saturated carbocycles. The first-order valence-electron chi connectivity index (χ1n) is 11.9. The molecule has 1 fully saturated rings.